The number of nitrogens with zero attached hydrogens (tertiary/aromatic N) is 1. The fraction of sp³-hybridized carbons (Fsp3) is 0.167. The van der Waals surface area contributed by atoms with Gasteiger partial charge in [0.2, 0.25) is 5.91 Å². The minimum atomic E-state index is -1.42. The Bertz CT molecular complexity index is 936. The van der Waals surface area contributed by atoms with Crippen molar-refractivity contribution in [3.05, 3.63) is 63.9 Å². The molecule has 2 N–H and O–H groups in total. The largest absolute Gasteiger partial charge is 0.325 e. The highest BCUT2D eigenvalue weighted by molar-refractivity contribution is 6.35. The molecule has 0 unspecified atom stereocenters. The van der Waals surface area contributed by atoms with Gasteiger partial charge in [0.1, 0.15) is 17.9 Å². The molecule has 4 amide bonds. The molecule has 0 bridgehead atoms. The van der Waals surface area contributed by atoms with Gasteiger partial charge in [-0.05, 0) is 43.3 Å². The number of imide groups is 1. The molecule has 140 valence electrons. The van der Waals surface area contributed by atoms with Gasteiger partial charge in [-0.25, -0.2) is 9.18 Å². The average Bonchev–Trinajstić information content (AvgIpc) is 2.81. The van der Waals surface area contributed by atoms with Gasteiger partial charge in [-0.2, -0.15) is 0 Å². The summed E-state index contributed by atoms with van der Waals surface area (Å²) in [7, 11) is 0. The van der Waals surface area contributed by atoms with Crippen molar-refractivity contribution in [3.8, 4) is 0 Å². The lowest BCUT2D eigenvalue weighted by Gasteiger charge is -2.23. The molecule has 1 aliphatic rings. The van der Waals surface area contributed by atoms with Crippen LogP contribution >= 0.6 is 23.2 Å². The molecule has 0 aliphatic carbocycles. The van der Waals surface area contributed by atoms with Crippen molar-refractivity contribution in [1.29, 1.82) is 0 Å². The zero-order valence-electron chi connectivity index (χ0n) is 14.1. The number of anilines is 1. The van der Waals surface area contributed by atoms with Gasteiger partial charge in [0, 0.05) is 21.3 Å². The van der Waals surface area contributed by atoms with E-state index in [1.807, 2.05) is 0 Å². The molecule has 1 heterocycles. The lowest BCUT2D eigenvalue weighted by molar-refractivity contribution is -0.133. The van der Waals surface area contributed by atoms with E-state index in [-0.39, 0.29) is 5.02 Å². The van der Waals surface area contributed by atoms with Crippen LogP contribution in [0.2, 0.25) is 10.0 Å². The predicted molar refractivity (Wildman–Crippen MR) is 99.1 cm³/mol. The van der Waals surface area contributed by atoms with Crippen molar-refractivity contribution in [2.45, 2.75) is 12.5 Å². The highest BCUT2D eigenvalue weighted by Gasteiger charge is 2.50. The van der Waals surface area contributed by atoms with Crippen LogP contribution in [0.5, 0.6) is 0 Å². The first kappa shape index (κ1) is 19.1. The summed E-state index contributed by atoms with van der Waals surface area (Å²) in [5.74, 6) is -1.67. The van der Waals surface area contributed by atoms with Crippen LogP contribution in [-0.4, -0.2) is 29.3 Å². The first-order valence-corrected chi connectivity index (χ1v) is 8.61. The zero-order chi connectivity index (χ0) is 19.8. The number of rotatable bonds is 4. The van der Waals surface area contributed by atoms with Gasteiger partial charge in [-0.15, -0.1) is 0 Å². The molecule has 9 heteroatoms. The van der Waals surface area contributed by atoms with Crippen LogP contribution in [0.3, 0.4) is 0 Å². The molecule has 27 heavy (non-hydrogen) atoms. The van der Waals surface area contributed by atoms with Gasteiger partial charge in [0.05, 0.1) is 0 Å². The molecule has 0 radical (unpaired) electrons. The molecule has 1 saturated heterocycles. The number of urea groups is 1. The Hall–Kier alpha value is -2.64. The number of carbonyl (C=O) groups excluding carboxylic acids is 3. The summed E-state index contributed by atoms with van der Waals surface area (Å²) in [5, 5.41) is 5.67. The molecule has 0 saturated carbocycles. The maximum absolute atomic E-state index is 12.9. The molecule has 1 fully saturated rings. The second-order valence-corrected chi connectivity index (χ2v) is 6.97. The van der Waals surface area contributed by atoms with Crippen LogP contribution in [0.15, 0.2) is 42.5 Å². The Balaban J connectivity index is 1.77. The predicted octanol–water partition coefficient (Wildman–Crippen LogP) is 3.54. The van der Waals surface area contributed by atoms with Crippen molar-refractivity contribution >= 4 is 46.7 Å². The highest BCUT2D eigenvalue weighted by Crippen LogP contribution is 2.34. The van der Waals surface area contributed by atoms with E-state index >= 15 is 0 Å². The number of halogens is 3. The van der Waals surface area contributed by atoms with E-state index in [4.69, 9.17) is 23.2 Å². The lowest BCUT2D eigenvalue weighted by Crippen LogP contribution is -2.42. The molecule has 0 spiro atoms. The first-order chi connectivity index (χ1) is 12.7. The summed E-state index contributed by atoms with van der Waals surface area (Å²) < 4.78 is 12.9. The number of hydrogen-bond donors (Lipinski definition) is 2. The van der Waals surface area contributed by atoms with E-state index in [2.05, 4.69) is 10.6 Å². The lowest BCUT2D eigenvalue weighted by atomic mass is 9.92. The minimum absolute atomic E-state index is 0.219. The van der Waals surface area contributed by atoms with Gasteiger partial charge < -0.3 is 10.6 Å². The quantitative estimate of drug-likeness (QED) is 0.757. The Morgan fingerprint density at radius 1 is 1.19 bits per heavy atom. The molecule has 2 aromatic carbocycles. The molecule has 3 rings (SSSR count). The van der Waals surface area contributed by atoms with E-state index in [0.29, 0.717) is 16.3 Å². The first-order valence-electron chi connectivity index (χ1n) is 7.86. The van der Waals surface area contributed by atoms with Gasteiger partial charge in [0.15, 0.2) is 0 Å². The third kappa shape index (κ3) is 3.74. The molecule has 6 nitrogen and oxygen atoms in total. The fourth-order valence-electron chi connectivity index (χ4n) is 2.80. The van der Waals surface area contributed by atoms with E-state index in [0.717, 1.165) is 4.90 Å². The van der Waals surface area contributed by atoms with Crippen molar-refractivity contribution in [3.63, 3.8) is 0 Å². The van der Waals surface area contributed by atoms with Crippen LogP contribution < -0.4 is 10.6 Å². The van der Waals surface area contributed by atoms with E-state index in [1.165, 1.54) is 37.3 Å². The number of amides is 4. The number of carbonyl (C=O) groups is 3. The second kappa shape index (κ2) is 7.17. The Morgan fingerprint density at radius 3 is 2.48 bits per heavy atom. The molecule has 1 atom stereocenters. The zero-order valence-corrected chi connectivity index (χ0v) is 15.6. The summed E-state index contributed by atoms with van der Waals surface area (Å²) in [4.78, 5) is 38.1. The van der Waals surface area contributed by atoms with E-state index in [9.17, 15) is 18.8 Å². The SMILES string of the molecule is C[C@]1(c2ccc(Cl)cc2Cl)NC(=O)N(CC(=O)Nc2ccc(F)cc2)C1=O. The maximum atomic E-state index is 12.9. The van der Waals surface area contributed by atoms with Gasteiger partial charge >= 0.3 is 6.03 Å². The van der Waals surface area contributed by atoms with Crippen molar-refractivity contribution < 1.29 is 18.8 Å². The van der Waals surface area contributed by atoms with Gasteiger partial charge in [-0.3, -0.25) is 14.5 Å². The standard InChI is InChI=1S/C18H14Cl2FN3O3/c1-18(13-7-2-10(19)8-14(13)20)16(26)24(17(27)23-18)9-15(25)22-12-5-3-11(21)4-6-12/h2-8H,9H2,1H3,(H,22,25)(H,23,27)/t18-/m1/s1. The van der Waals surface area contributed by atoms with E-state index < -0.39 is 35.7 Å². The van der Waals surface area contributed by atoms with E-state index in [1.54, 1.807) is 12.1 Å². The highest BCUT2D eigenvalue weighted by atomic mass is 35.5. The van der Waals surface area contributed by atoms with Crippen molar-refractivity contribution in [2.24, 2.45) is 0 Å². The van der Waals surface area contributed by atoms with Crippen molar-refractivity contribution in [1.82, 2.24) is 10.2 Å². The van der Waals surface area contributed by atoms with Crippen LogP contribution in [0.25, 0.3) is 0 Å². The Morgan fingerprint density at radius 2 is 1.85 bits per heavy atom. The Labute approximate surface area is 164 Å². The van der Waals surface area contributed by atoms with Crippen LogP contribution in [0.4, 0.5) is 14.9 Å². The second-order valence-electron chi connectivity index (χ2n) is 6.13. The third-order valence-electron chi connectivity index (χ3n) is 4.17. The molecule has 1 aliphatic heterocycles. The Kier molecular flexibility index (Phi) is 5.08. The van der Waals surface area contributed by atoms with Crippen LogP contribution in [0.1, 0.15) is 12.5 Å². The average molecular weight is 410 g/mol. The number of benzene rings is 2. The summed E-state index contributed by atoms with van der Waals surface area (Å²) in [6.45, 7) is 1.00. The summed E-state index contributed by atoms with van der Waals surface area (Å²) in [6, 6.07) is 8.96. The summed E-state index contributed by atoms with van der Waals surface area (Å²) in [5.41, 5.74) is -0.708. The van der Waals surface area contributed by atoms with Gasteiger partial charge in [0.25, 0.3) is 5.91 Å². The number of nitrogens with one attached hydrogen (secondary N) is 2. The van der Waals surface area contributed by atoms with Crippen LogP contribution in [-0.2, 0) is 15.1 Å². The topological polar surface area (TPSA) is 78.5 Å². The van der Waals surface area contributed by atoms with Crippen LogP contribution in [0, 0.1) is 5.82 Å². The molecule has 0 aromatic heterocycles. The molecular weight excluding hydrogens is 396 g/mol. The summed E-state index contributed by atoms with van der Waals surface area (Å²) in [6.07, 6.45) is 0. The normalized spacial score (nSPS) is 19.2. The third-order valence-corrected chi connectivity index (χ3v) is 4.72. The minimum Gasteiger partial charge on any atom is -0.325 e. The molecule has 2 aromatic rings. The maximum Gasteiger partial charge on any atom is 0.325 e. The monoisotopic (exact) mass is 409 g/mol. The molecular formula is C18H14Cl2FN3O3. The smallest absolute Gasteiger partial charge is 0.325 e. The fourth-order valence-corrected chi connectivity index (χ4v) is 3.39. The van der Waals surface area contributed by atoms with Crippen molar-refractivity contribution in [2.75, 3.05) is 11.9 Å². The number of hydrogen-bond acceptors (Lipinski definition) is 3. The summed E-state index contributed by atoms with van der Waals surface area (Å²) >= 11 is 12.0. The van der Waals surface area contributed by atoms with Gasteiger partial charge in [-0.1, -0.05) is 29.3 Å².